The summed E-state index contributed by atoms with van der Waals surface area (Å²) in [6.07, 6.45) is 2.50. The summed E-state index contributed by atoms with van der Waals surface area (Å²) in [6.45, 7) is 5.29. The Morgan fingerprint density at radius 1 is 1.40 bits per heavy atom. The maximum absolute atomic E-state index is 5.25. The molecule has 1 heterocycles. The Bertz CT molecular complexity index is 451. The van der Waals surface area contributed by atoms with Crippen LogP contribution in [0.4, 0.5) is 0 Å². The van der Waals surface area contributed by atoms with E-state index in [1.165, 1.54) is 18.4 Å². The number of nitrogens with zero attached hydrogens (tertiary/aromatic N) is 2. The van der Waals surface area contributed by atoms with Gasteiger partial charge in [0.05, 0.1) is 7.11 Å². The first-order valence-corrected chi connectivity index (χ1v) is 7.31. The third-order valence-corrected chi connectivity index (χ3v) is 3.88. The fraction of sp³-hybridized carbons (Fsp3) is 0.562. The molecule has 1 aliphatic heterocycles. The molecule has 0 saturated carbocycles. The lowest BCUT2D eigenvalue weighted by molar-refractivity contribution is 0.273. The van der Waals surface area contributed by atoms with Crippen LogP contribution in [0.15, 0.2) is 29.3 Å². The Hall–Kier alpha value is -1.71. The normalized spacial score (nSPS) is 17.1. The van der Waals surface area contributed by atoms with Gasteiger partial charge in [0.25, 0.3) is 0 Å². The Balaban J connectivity index is 1.90. The first-order valence-electron chi connectivity index (χ1n) is 7.31. The monoisotopic (exact) mass is 275 g/mol. The van der Waals surface area contributed by atoms with Gasteiger partial charge in [0.15, 0.2) is 5.96 Å². The molecule has 0 atom stereocenters. The topological polar surface area (TPSA) is 36.9 Å². The lowest BCUT2D eigenvalue weighted by Gasteiger charge is -2.32. The molecule has 0 aliphatic carbocycles. The van der Waals surface area contributed by atoms with Crippen molar-refractivity contribution in [2.75, 3.05) is 27.2 Å². The molecule has 1 aromatic carbocycles. The zero-order valence-corrected chi connectivity index (χ0v) is 12.7. The van der Waals surface area contributed by atoms with Crippen molar-refractivity contribution in [3.8, 4) is 5.75 Å². The van der Waals surface area contributed by atoms with Crippen LogP contribution in [0.3, 0.4) is 0 Å². The van der Waals surface area contributed by atoms with Crippen molar-refractivity contribution < 1.29 is 4.74 Å². The van der Waals surface area contributed by atoms with E-state index in [2.05, 4.69) is 34.3 Å². The van der Waals surface area contributed by atoms with E-state index >= 15 is 0 Å². The lowest BCUT2D eigenvalue weighted by atomic mass is 10.00. The molecule has 0 bridgehead atoms. The summed E-state index contributed by atoms with van der Waals surface area (Å²) in [5.41, 5.74) is 1.20. The number of hydrogen-bond acceptors (Lipinski definition) is 2. The van der Waals surface area contributed by atoms with E-state index in [4.69, 9.17) is 4.74 Å². The van der Waals surface area contributed by atoms with Crippen molar-refractivity contribution in [1.29, 1.82) is 0 Å². The van der Waals surface area contributed by atoms with E-state index in [-0.39, 0.29) is 0 Å². The molecule has 20 heavy (non-hydrogen) atoms. The van der Waals surface area contributed by atoms with Crippen molar-refractivity contribution >= 4 is 5.96 Å². The van der Waals surface area contributed by atoms with Crippen molar-refractivity contribution in [2.45, 2.75) is 26.3 Å². The molecule has 1 N–H and O–H groups in total. The zero-order valence-electron chi connectivity index (χ0n) is 12.7. The molecule has 0 amide bonds. The minimum Gasteiger partial charge on any atom is -0.497 e. The van der Waals surface area contributed by atoms with Gasteiger partial charge in [-0.05, 0) is 36.5 Å². The van der Waals surface area contributed by atoms with Crippen molar-refractivity contribution in [3.05, 3.63) is 29.8 Å². The first-order chi connectivity index (χ1) is 9.72. The van der Waals surface area contributed by atoms with Crippen LogP contribution in [0.1, 0.15) is 25.3 Å². The van der Waals surface area contributed by atoms with Crippen LogP contribution < -0.4 is 10.1 Å². The van der Waals surface area contributed by atoms with Gasteiger partial charge >= 0.3 is 0 Å². The predicted octanol–water partition coefficient (Wildman–Crippen LogP) is 2.50. The van der Waals surface area contributed by atoms with Gasteiger partial charge in [-0.1, -0.05) is 19.1 Å². The first kappa shape index (κ1) is 14.7. The van der Waals surface area contributed by atoms with E-state index in [9.17, 15) is 0 Å². The van der Waals surface area contributed by atoms with Gasteiger partial charge in [-0.3, -0.25) is 4.99 Å². The summed E-state index contributed by atoms with van der Waals surface area (Å²) >= 11 is 0. The van der Waals surface area contributed by atoms with E-state index in [0.29, 0.717) is 0 Å². The van der Waals surface area contributed by atoms with Crippen LogP contribution in [-0.4, -0.2) is 38.1 Å². The quantitative estimate of drug-likeness (QED) is 0.680. The van der Waals surface area contributed by atoms with Gasteiger partial charge in [-0.15, -0.1) is 0 Å². The van der Waals surface area contributed by atoms with E-state index < -0.39 is 0 Å². The number of aliphatic imine (C=N–C) groups is 1. The van der Waals surface area contributed by atoms with Crippen molar-refractivity contribution in [2.24, 2.45) is 10.9 Å². The zero-order chi connectivity index (χ0) is 14.4. The Labute approximate surface area is 121 Å². The van der Waals surface area contributed by atoms with Gasteiger partial charge in [-0.25, -0.2) is 0 Å². The van der Waals surface area contributed by atoms with Crippen LogP contribution in [0.25, 0.3) is 0 Å². The molecule has 0 unspecified atom stereocenters. The SMILES string of the molecule is CN=C(NCc1cccc(OC)c1)N1CCC(C)CC1. The maximum Gasteiger partial charge on any atom is 0.193 e. The molecule has 4 heteroatoms. The van der Waals surface area contributed by atoms with Crippen LogP contribution in [0, 0.1) is 5.92 Å². The highest BCUT2D eigenvalue weighted by Gasteiger charge is 2.18. The number of methoxy groups -OCH3 is 1. The number of piperidine rings is 1. The summed E-state index contributed by atoms with van der Waals surface area (Å²) in [5.74, 6) is 2.73. The van der Waals surface area contributed by atoms with E-state index in [1.54, 1.807) is 7.11 Å². The highest BCUT2D eigenvalue weighted by molar-refractivity contribution is 5.79. The summed E-state index contributed by atoms with van der Waals surface area (Å²) < 4.78 is 5.25. The molecular weight excluding hydrogens is 250 g/mol. The largest absolute Gasteiger partial charge is 0.497 e. The van der Waals surface area contributed by atoms with Gasteiger partial charge < -0.3 is 15.0 Å². The Morgan fingerprint density at radius 2 is 2.15 bits per heavy atom. The van der Waals surface area contributed by atoms with Gasteiger partial charge in [0.2, 0.25) is 0 Å². The molecule has 0 radical (unpaired) electrons. The highest BCUT2D eigenvalue weighted by atomic mass is 16.5. The summed E-state index contributed by atoms with van der Waals surface area (Å²) in [7, 11) is 3.55. The molecule has 0 spiro atoms. The third-order valence-electron chi connectivity index (χ3n) is 3.88. The van der Waals surface area contributed by atoms with E-state index in [0.717, 1.165) is 37.3 Å². The fourth-order valence-corrected chi connectivity index (χ4v) is 2.52. The third kappa shape index (κ3) is 3.89. The van der Waals surface area contributed by atoms with Crippen molar-refractivity contribution in [1.82, 2.24) is 10.2 Å². The molecule has 1 saturated heterocycles. The second-order valence-corrected chi connectivity index (χ2v) is 5.42. The van der Waals surface area contributed by atoms with Gasteiger partial charge in [0.1, 0.15) is 5.75 Å². The van der Waals surface area contributed by atoms with Crippen LogP contribution >= 0.6 is 0 Å². The second-order valence-electron chi connectivity index (χ2n) is 5.42. The van der Waals surface area contributed by atoms with Gasteiger partial charge in [-0.2, -0.15) is 0 Å². The number of benzene rings is 1. The number of likely N-dealkylation sites (tertiary alicyclic amines) is 1. The number of hydrogen-bond donors (Lipinski definition) is 1. The average molecular weight is 275 g/mol. The summed E-state index contributed by atoms with van der Waals surface area (Å²) in [5, 5.41) is 3.44. The van der Waals surface area contributed by atoms with Gasteiger partial charge in [0, 0.05) is 26.7 Å². The maximum atomic E-state index is 5.25. The van der Waals surface area contributed by atoms with Crippen molar-refractivity contribution in [3.63, 3.8) is 0 Å². The predicted molar refractivity (Wildman–Crippen MR) is 83.2 cm³/mol. The Morgan fingerprint density at radius 3 is 2.80 bits per heavy atom. The van der Waals surface area contributed by atoms with E-state index in [1.807, 2.05) is 19.2 Å². The number of rotatable bonds is 3. The highest BCUT2D eigenvalue weighted by Crippen LogP contribution is 2.16. The standard InChI is InChI=1S/C16H25N3O/c1-13-7-9-19(10-8-13)16(17-2)18-12-14-5-4-6-15(11-14)20-3/h4-6,11,13H,7-10,12H2,1-3H3,(H,17,18). The molecule has 4 nitrogen and oxygen atoms in total. The average Bonchev–Trinajstić information content (AvgIpc) is 2.50. The molecule has 110 valence electrons. The fourth-order valence-electron chi connectivity index (χ4n) is 2.52. The summed E-state index contributed by atoms with van der Waals surface area (Å²) in [4.78, 5) is 6.74. The smallest absolute Gasteiger partial charge is 0.193 e. The molecule has 1 fully saturated rings. The summed E-state index contributed by atoms with van der Waals surface area (Å²) in [6, 6.07) is 8.13. The minimum atomic E-state index is 0.774. The van der Waals surface area contributed by atoms with Crippen LogP contribution in [0.5, 0.6) is 5.75 Å². The number of nitrogens with one attached hydrogen (secondary N) is 1. The molecule has 1 aromatic rings. The molecule has 1 aliphatic rings. The molecule has 2 rings (SSSR count). The number of guanidine groups is 1. The second kappa shape index (κ2) is 7.17. The lowest BCUT2D eigenvalue weighted by Crippen LogP contribution is -2.45. The van der Waals surface area contributed by atoms with Crippen LogP contribution in [-0.2, 0) is 6.54 Å². The molecular formula is C16H25N3O. The number of ether oxygens (including phenoxy) is 1. The van der Waals surface area contributed by atoms with Crippen LogP contribution in [0.2, 0.25) is 0 Å². The Kier molecular flexibility index (Phi) is 5.27. The molecule has 0 aromatic heterocycles. The minimum absolute atomic E-state index is 0.774.